The van der Waals surface area contributed by atoms with E-state index in [0.717, 1.165) is 21.2 Å². The van der Waals surface area contributed by atoms with Gasteiger partial charge in [-0.15, -0.1) is 0 Å². The van der Waals surface area contributed by atoms with Gasteiger partial charge in [0.05, 0.1) is 4.47 Å². The predicted octanol–water partition coefficient (Wildman–Crippen LogP) is 7.02. The summed E-state index contributed by atoms with van der Waals surface area (Å²) in [6.45, 7) is 8.21. The minimum atomic E-state index is -0.246. The molecule has 0 saturated carbocycles. The summed E-state index contributed by atoms with van der Waals surface area (Å²) in [5.41, 5.74) is 6.28. The number of amides is 1. The maximum atomic E-state index is 12.4. The van der Waals surface area contributed by atoms with Gasteiger partial charge in [-0.2, -0.15) is 0 Å². The number of nitrogens with zero attached hydrogens (tertiary/aromatic N) is 1. The number of fused-ring (bicyclic) bond motifs is 1. The molecule has 0 unspecified atom stereocenters. The number of carbonyl (C=O) groups excluding carboxylic acids is 1. The fourth-order valence-electron chi connectivity index (χ4n) is 3.56. The first-order chi connectivity index (χ1) is 15.3. The first-order valence-corrected chi connectivity index (χ1v) is 11.3. The fourth-order valence-corrected chi connectivity index (χ4v) is 4.35. The van der Waals surface area contributed by atoms with Crippen molar-refractivity contribution in [2.24, 2.45) is 0 Å². The molecule has 0 saturated heterocycles. The lowest BCUT2D eigenvalue weighted by molar-refractivity contribution is -0.118. The zero-order chi connectivity index (χ0) is 22.8. The lowest BCUT2D eigenvalue weighted by Gasteiger charge is -2.12. The lowest BCUT2D eigenvalue weighted by Crippen LogP contribution is -2.20. The van der Waals surface area contributed by atoms with Crippen LogP contribution in [0.2, 0.25) is 0 Å². The van der Waals surface area contributed by atoms with Gasteiger partial charge in [-0.3, -0.25) is 4.79 Å². The molecule has 0 fully saturated rings. The minimum absolute atomic E-state index is 0.0905. The molecule has 0 radical (unpaired) electrons. The van der Waals surface area contributed by atoms with Crippen LogP contribution in [-0.4, -0.2) is 17.5 Å². The highest BCUT2D eigenvalue weighted by Crippen LogP contribution is 2.30. The molecule has 32 heavy (non-hydrogen) atoms. The number of aryl methyl sites for hydroxylation is 2. The van der Waals surface area contributed by atoms with Crippen molar-refractivity contribution >= 4 is 38.6 Å². The molecule has 0 aliphatic heterocycles. The molecule has 1 amide bonds. The number of benzene rings is 3. The number of oxazole rings is 1. The Morgan fingerprint density at radius 1 is 1.09 bits per heavy atom. The van der Waals surface area contributed by atoms with Crippen LogP contribution >= 0.6 is 15.9 Å². The number of nitrogens with one attached hydrogen (secondary N) is 1. The van der Waals surface area contributed by atoms with Crippen molar-refractivity contribution in [3.05, 3.63) is 75.8 Å². The Labute approximate surface area is 195 Å². The normalized spacial score (nSPS) is 11.2. The average Bonchev–Trinajstić information content (AvgIpc) is 3.16. The van der Waals surface area contributed by atoms with E-state index in [4.69, 9.17) is 9.15 Å². The van der Waals surface area contributed by atoms with E-state index in [1.165, 1.54) is 5.56 Å². The van der Waals surface area contributed by atoms with Crippen molar-refractivity contribution in [1.82, 2.24) is 4.98 Å². The Balaban J connectivity index is 1.45. The zero-order valence-electron chi connectivity index (χ0n) is 18.5. The van der Waals surface area contributed by atoms with E-state index < -0.39 is 0 Å². The number of halogens is 1. The third kappa shape index (κ3) is 4.86. The molecule has 1 N–H and O–H groups in total. The van der Waals surface area contributed by atoms with E-state index in [1.807, 2.05) is 44.2 Å². The van der Waals surface area contributed by atoms with Gasteiger partial charge in [0.1, 0.15) is 11.3 Å². The largest absolute Gasteiger partial charge is 0.482 e. The molecule has 0 aliphatic carbocycles. The summed E-state index contributed by atoms with van der Waals surface area (Å²) >= 11 is 3.50. The molecule has 4 aromatic rings. The first-order valence-electron chi connectivity index (χ1n) is 10.5. The monoisotopic (exact) mass is 492 g/mol. The summed E-state index contributed by atoms with van der Waals surface area (Å²) in [7, 11) is 0. The molecule has 4 rings (SSSR count). The Bertz CT molecular complexity index is 1250. The highest BCUT2D eigenvalue weighted by molar-refractivity contribution is 9.10. The van der Waals surface area contributed by atoms with Crippen LogP contribution in [0.5, 0.6) is 5.75 Å². The second-order valence-electron chi connectivity index (χ2n) is 8.21. The standard InChI is InChI=1S/C26H25BrN2O3/c1-15(2)18-5-7-19(8-6-18)26-29-22-13-20(9-10-23(22)32-26)28-24(30)14-31-25-17(4)11-16(3)12-21(25)27/h5-13,15H,14H2,1-4H3,(H,28,30). The van der Waals surface area contributed by atoms with E-state index in [1.54, 1.807) is 12.1 Å². The molecular formula is C26H25BrN2O3. The Morgan fingerprint density at radius 3 is 2.53 bits per heavy atom. The predicted molar refractivity (Wildman–Crippen MR) is 131 cm³/mol. The van der Waals surface area contributed by atoms with Gasteiger partial charge < -0.3 is 14.5 Å². The molecule has 5 nitrogen and oxygen atoms in total. The van der Waals surface area contributed by atoms with Crippen LogP contribution < -0.4 is 10.1 Å². The van der Waals surface area contributed by atoms with Crippen molar-refractivity contribution in [3.8, 4) is 17.2 Å². The number of hydrogen-bond donors (Lipinski definition) is 1. The number of carbonyl (C=O) groups is 1. The SMILES string of the molecule is Cc1cc(C)c(OCC(=O)Nc2ccc3oc(-c4ccc(C(C)C)cc4)nc3c2)c(Br)c1. The lowest BCUT2D eigenvalue weighted by atomic mass is 10.0. The summed E-state index contributed by atoms with van der Waals surface area (Å²) < 4.78 is 12.5. The van der Waals surface area contributed by atoms with Gasteiger partial charge in [-0.25, -0.2) is 4.98 Å². The van der Waals surface area contributed by atoms with Crippen molar-refractivity contribution in [1.29, 1.82) is 0 Å². The Hall–Kier alpha value is -3.12. The number of anilines is 1. The first kappa shape index (κ1) is 22.1. The third-order valence-electron chi connectivity index (χ3n) is 5.22. The molecule has 6 heteroatoms. The van der Waals surface area contributed by atoms with Gasteiger partial charge in [0.15, 0.2) is 12.2 Å². The molecule has 3 aromatic carbocycles. The van der Waals surface area contributed by atoms with Crippen LogP contribution in [0.3, 0.4) is 0 Å². The fraction of sp³-hybridized carbons (Fsp3) is 0.231. The molecule has 1 heterocycles. The van der Waals surface area contributed by atoms with E-state index in [0.29, 0.717) is 34.3 Å². The molecular weight excluding hydrogens is 468 g/mol. The van der Waals surface area contributed by atoms with E-state index in [-0.39, 0.29) is 12.5 Å². The average molecular weight is 493 g/mol. The Morgan fingerprint density at radius 2 is 1.84 bits per heavy atom. The highest BCUT2D eigenvalue weighted by Gasteiger charge is 2.12. The summed E-state index contributed by atoms with van der Waals surface area (Å²) in [5.74, 6) is 1.45. The van der Waals surface area contributed by atoms with E-state index >= 15 is 0 Å². The molecule has 0 atom stereocenters. The van der Waals surface area contributed by atoms with Crippen LogP contribution in [0.25, 0.3) is 22.6 Å². The third-order valence-corrected chi connectivity index (χ3v) is 5.81. The van der Waals surface area contributed by atoms with Gasteiger partial charge in [0.25, 0.3) is 5.91 Å². The smallest absolute Gasteiger partial charge is 0.262 e. The molecule has 0 aliphatic rings. The van der Waals surface area contributed by atoms with Gasteiger partial charge >= 0.3 is 0 Å². The highest BCUT2D eigenvalue weighted by atomic mass is 79.9. The van der Waals surface area contributed by atoms with Crippen LogP contribution in [0.4, 0.5) is 5.69 Å². The van der Waals surface area contributed by atoms with Crippen molar-refractivity contribution in [3.63, 3.8) is 0 Å². The molecule has 0 spiro atoms. The van der Waals surface area contributed by atoms with Gasteiger partial charge in [-0.05, 0) is 88.8 Å². The van der Waals surface area contributed by atoms with Crippen LogP contribution in [0.1, 0.15) is 36.5 Å². The number of aromatic nitrogens is 1. The maximum Gasteiger partial charge on any atom is 0.262 e. The zero-order valence-corrected chi connectivity index (χ0v) is 20.1. The number of rotatable bonds is 6. The van der Waals surface area contributed by atoms with Crippen molar-refractivity contribution in [2.75, 3.05) is 11.9 Å². The molecule has 0 bridgehead atoms. The number of ether oxygens (including phenoxy) is 1. The summed E-state index contributed by atoms with van der Waals surface area (Å²) in [5, 5.41) is 2.86. The van der Waals surface area contributed by atoms with Crippen molar-refractivity contribution < 1.29 is 13.9 Å². The van der Waals surface area contributed by atoms with Crippen molar-refractivity contribution in [2.45, 2.75) is 33.6 Å². The molecule has 1 aromatic heterocycles. The second-order valence-corrected chi connectivity index (χ2v) is 9.06. The maximum absolute atomic E-state index is 12.4. The van der Waals surface area contributed by atoms with Crippen LogP contribution in [0.15, 0.2) is 63.5 Å². The summed E-state index contributed by atoms with van der Waals surface area (Å²) in [6, 6.07) is 17.6. The van der Waals surface area contributed by atoms with Gasteiger partial charge in [-0.1, -0.05) is 32.0 Å². The second kappa shape index (κ2) is 9.17. The van der Waals surface area contributed by atoms with Gasteiger partial charge in [0.2, 0.25) is 5.89 Å². The van der Waals surface area contributed by atoms with Gasteiger partial charge in [0, 0.05) is 11.3 Å². The topological polar surface area (TPSA) is 64.4 Å². The molecule has 164 valence electrons. The Kier molecular flexibility index (Phi) is 6.33. The summed E-state index contributed by atoms with van der Waals surface area (Å²) in [4.78, 5) is 17.0. The minimum Gasteiger partial charge on any atom is -0.482 e. The van der Waals surface area contributed by atoms with E-state index in [2.05, 4.69) is 52.2 Å². The quantitative estimate of drug-likeness (QED) is 0.314. The number of hydrogen-bond acceptors (Lipinski definition) is 4. The van der Waals surface area contributed by atoms with Crippen LogP contribution in [0, 0.1) is 13.8 Å². The van der Waals surface area contributed by atoms with E-state index in [9.17, 15) is 4.79 Å². The summed E-state index contributed by atoms with van der Waals surface area (Å²) in [6.07, 6.45) is 0. The van der Waals surface area contributed by atoms with Crippen LogP contribution in [-0.2, 0) is 4.79 Å².